The maximum Gasteiger partial charge on any atom is 0.328 e. The normalized spacial score (nSPS) is 18.3. The van der Waals surface area contributed by atoms with E-state index in [1.54, 1.807) is 0 Å². The molecule has 1 heterocycles. The number of hydrogen-bond acceptors (Lipinski definition) is 4. The Morgan fingerprint density at radius 2 is 2.15 bits per heavy atom. The van der Waals surface area contributed by atoms with Crippen molar-refractivity contribution in [2.45, 2.75) is 26.3 Å². The lowest BCUT2D eigenvalue weighted by molar-refractivity contribution is -0.149. The van der Waals surface area contributed by atoms with Crippen molar-refractivity contribution in [2.24, 2.45) is 0 Å². The molecule has 0 bridgehead atoms. The summed E-state index contributed by atoms with van der Waals surface area (Å²) in [5.74, 6) is -0.135. The van der Waals surface area contributed by atoms with Crippen molar-refractivity contribution in [1.29, 1.82) is 0 Å². The Balaban J connectivity index is 2.28. The Morgan fingerprint density at radius 1 is 1.35 bits per heavy atom. The summed E-state index contributed by atoms with van der Waals surface area (Å²) in [6.07, 6.45) is 1.06. The zero-order chi connectivity index (χ0) is 14.4. The van der Waals surface area contributed by atoms with Gasteiger partial charge in [-0.1, -0.05) is 24.3 Å². The molecule has 0 aromatic heterocycles. The standard InChI is InChI=1S/C16H24N2O2/c1-3-20-16(19)15(14-8-5-4-7-13(14)2)18-11-6-9-17-10-12-18/h4-5,7-8,15,17H,3,6,9-12H2,1-2H3. The minimum absolute atomic E-state index is 0.135. The van der Waals surface area contributed by atoms with Crippen LogP contribution in [-0.4, -0.2) is 43.7 Å². The Hall–Kier alpha value is -1.39. The topological polar surface area (TPSA) is 41.6 Å². The summed E-state index contributed by atoms with van der Waals surface area (Å²) >= 11 is 0. The maximum absolute atomic E-state index is 12.4. The van der Waals surface area contributed by atoms with Gasteiger partial charge in [-0.25, -0.2) is 4.79 Å². The molecule has 1 aliphatic heterocycles. The van der Waals surface area contributed by atoms with E-state index in [9.17, 15) is 4.79 Å². The second-order valence-electron chi connectivity index (χ2n) is 5.15. The van der Waals surface area contributed by atoms with Crippen molar-refractivity contribution < 1.29 is 9.53 Å². The van der Waals surface area contributed by atoms with Crippen LogP contribution in [0.5, 0.6) is 0 Å². The summed E-state index contributed by atoms with van der Waals surface area (Å²) in [5.41, 5.74) is 2.20. The number of rotatable bonds is 4. The SMILES string of the molecule is CCOC(=O)C(c1ccccc1C)N1CCCNCC1. The van der Waals surface area contributed by atoms with Crippen LogP contribution in [0.15, 0.2) is 24.3 Å². The van der Waals surface area contributed by atoms with E-state index in [-0.39, 0.29) is 12.0 Å². The molecular weight excluding hydrogens is 252 g/mol. The number of esters is 1. The molecule has 0 amide bonds. The molecule has 1 aromatic carbocycles. The average Bonchev–Trinajstić information content (AvgIpc) is 2.71. The third-order valence-corrected chi connectivity index (χ3v) is 3.73. The van der Waals surface area contributed by atoms with Gasteiger partial charge in [0.25, 0.3) is 0 Å². The number of carbonyl (C=O) groups excluding carboxylic acids is 1. The Morgan fingerprint density at radius 3 is 2.90 bits per heavy atom. The van der Waals surface area contributed by atoms with Crippen LogP contribution in [-0.2, 0) is 9.53 Å². The highest BCUT2D eigenvalue weighted by Gasteiger charge is 2.30. The summed E-state index contributed by atoms with van der Waals surface area (Å²) < 4.78 is 5.31. The van der Waals surface area contributed by atoms with Gasteiger partial charge in [0.2, 0.25) is 0 Å². The third kappa shape index (κ3) is 3.58. The summed E-state index contributed by atoms with van der Waals surface area (Å²) in [5, 5.41) is 3.38. The van der Waals surface area contributed by atoms with E-state index in [0.717, 1.165) is 43.7 Å². The van der Waals surface area contributed by atoms with Crippen molar-refractivity contribution in [3.05, 3.63) is 35.4 Å². The monoisotopic (exact) mass is 276 g/mol. The Bertz CT molecular complexity index is 440. The largest absolute Gasteiger partial charge is 0.465 e. The summed E-state index contributed by atoms with van der Waals surface area (Å²) in [6.45, 7) is 8.06. The first-order chi connectivity index (χ1) is 9.74. The number of carbonyl (C=O) groups is 1. The van der Waals surface area contributed by atoms with Gasteiger partial charge in [-0.3, -0.25) is 4.90 Å². The molecule has 4 heteroatoms. The lowest BCUT2D eigenvalue weighted by atomic mass is 9.99. The summed E-state index contributed by atoms with van der Waals surface area (Å²) in [7, 11) is 0. The fourth-order valence-corrected chi connectivity index (χ4v) is 2.71. The number of ether oxygens (including phenoxy) is 1. The first kappa shape index (κ1) is 15.0. The molecule has 4 nitrogen and oxygen atoms in total. The van der Waals surface area contributed by atoms with Gasteiger partial charge in [0.15, 0.2) is 0 Å². The maximum atomic E-state index is 12.4. The Kier molecular flexibility index (Phi) is 5.56. The number of aryl methyl sites for hydroxylation is 1. The highest BCUT2D eigenvalue weighted by molar-refractivity contribution is 5.78. The molecule has 0 aliphatic carbocycles. The first-order valence-electron chi connectivity index (χ1n) is 7.41. The zero-order valence-electron chi connectivity index (χ0n) is 12.4. The van der Waals surface area contributed by atoms with Crippen LogP contribution >= 0.6 is 0 Å². The molecule has 0 spiro atoms. The Labute approximate surface area is 121 Å². The van der Waals surface area contributed by atoms with Crippen molar-refractivity contribution in [3.63, 3.8) is 0 Å². The smallest absolute Gasteiger partial charge is 0.328 e. The summed E-state index contributed by atoms with van der Waals surface area (Å²) in [4.78, 5) is 14.7. The predicted molar refractivity (Wildman–Crippen MR) is 79.6 cm³/mol. The van der Waals surface area contributed by atoms with Gasteiger partial charge in [0.1, 0.15) is 6.04 Å². The van der Waals surface area contributed by atoms with E-state index < -0.39 is 0 Å². The van der Waals surface area contributed by atoms with Crippen LogP contribution in [0.2, 0.25) is 0 Å². The highest BCUT2D eigenvalue weighted by atomic mass is 16.5. The van der Waals surface area contributed by atoms with Gasteiger partial charge in [0.05, 0.1) is 6.61 Å². The van der Waals surface area contributed by atoms with Crippen LogP contribution in [0.3, 0.4) is 0 Å². The fraction of sp³-hybridized carbons (Fsp3) is 0.562. The van der Waals surface area contributed by atoms with Gasteiger partial charge in [-0.15, -0.1) is 0 Å². The van der Waals surface area contributed by atoms with E-state index in [0.29, 0.717) is 6.61 Å². The van der Waals surface area contributed by atoms with Crippen LogP contribution in [0.4, 0.5) is 0 Å². The molecule has 1 N–H and O–H groups in total. The van der Waals surface area contributed by atoms with E-state index in [1.165, 1.54) is 0 Å². The van der Waals surface area contributed by atoms with Crippen molar-refractivity contribution in [1.82, 2.24) is 10.2 Å². The minimum Gasteiger partial charge on any atom is -0.465 e. The van der Waals surface area contributed by atoms with Crippen LogP contribution in [0, 0.1) is 6.92 Å². The molecule has 1 aromatic rings. The number of nitrogens with one attached hydrogen (secondary N) is 1. The quantitative estimate of drug-likeness (QED) is 0.853. The number of nitrogens with zero attached hydrogens (tertiary/aromatic N) is 1. The molecule has 110 valence electrons. The van der Waals surface area contributed by atoms with E-state index in [2.05, 4.69) is 23.2 Å². The number of hydrogen-bond donors (Lipinski definition) is 1. The first-order valence-corrected chi connectivity index (χ1v) is 7.41. The van der Waals surface area contributed by atoms with Crippen molar-refractivity contribution in [2.75, 3.05) is 32.8 Å². The zero-order valence-corrected chi connectivity index (χ0v) is 12.4. The second kappa shape index (κ2) is 7.41. The highest BCUT2D eigenvalue weighted by Crippen LogP contribution is 2.25. The van der Waals surface area contributed by atoms with Gasteiger partial charge in [-0.05, 0) is 37.9 Å². The van der Waals surface area contributed by atoms with Gasteiger partial charge in [0, 0.05) is 19.6 Å². The molecule has 1 atom stereocenters. The molecule has 0 radical (unpaired) electrons. The molecular formula is C16H24N2O2. The van der Waals surface area contributed by atoms with Gasteiger partial charge in [-0.2, -0.15) is 0 Å². The van der Waals surface area contributed by atoms with Crippen molar-refractivity contribution >= 4 is 5.97 Å². The van der Waals surface area contributed by atoms with Gasteiger partial charge < -0.3 is 10.1 Å². The third-order valence-electron chi connectivity index (χ3n) is 3.73. The van der Waals surface area contributed by atoms with E-state index >= 15 is 0 Å². The lowest BCUT2D eigenvalue weighted by Crippen LogP contribution is -2.38. The molecule has 1 aliphatic rings. The second-order valence-corrected chi connectivity index (χ2v) is 5.15. The molecule has 0 saturated carbocycles. The average molecular weight is 276 g/mol. The van der Waals surface area contributed by atoms with Crippen LogP contribution in [0.25, 0.3) is 0 Å². The molecule has 1 fully saturated rings. The summed E-state index contributed by atoms with van der Waals surface area (Å²) in [6, 6.07) is 7.80. The van der Waals surface area contributed by atoms with Gasteiger partial charge >= 0.3 is 5.97 Å². The predicted octanol–water partition coefficient (Wildman–Crippen LogP) is 1.89. The van der Waals surface area contributed by atoms with Crippen molar-refractivity contribution in [3.8, 4) is 0 Å². The van der Waals surface area contributed by atoms with Crippen LogP contribution in [0.1, 0.15) is 30.5 Å². The molecule has 2 rings (SSSR count). The lowest BCUT2D eigenvalue weighted by Gasteiger charge is -2.29. The fourth-order valence-electron chi connectivity index (χ4n) is 2.71. The number of benzene rings is 1. The molecule has 1 saturated heterocycles. The van der Waals surface area contributed by atoms with E-state index in [4.69, 9.17) is 4.74 Å². The van der Waals surface area contributed by atoms with E-state index in [1.807, 2.05) is 25.1 Å². The minimum atomic E-state index is -0.281. The van der Waals surface area contributed by atoms with Crippen LogP contribution < -0.4 is 5.32 Å². The molecule has 1 unspecified atom stereocenters. The molecule has 20 heavy (non-hydrogen) atoms.